The summed E-state index contributed by atoms with van der Waals surface area (Å²) in [7, 11) is 1.83. The van der Waals surface area contributed by atoms with Gasteiger partial charge >= 0.3 is 5.97 Å². The maximum absolute atomic E-state index is 11.4. The second-order valence-corrected chi connectivity index (χ2v) is 3.99. The van der Waals surface area contributed by atoms with E-state index < -0.39 is 0 Å². The van der Waals surface area contributed by atoms with Crippen LogP contribution in [0.5, 0.6) is 0 Å². The maximum Gasteiger partial charge on any atom is 0.311 e. The predicted molar refractivity (Wildman–Crippen MR) is 69.0 cm³/mol. The SMILES string of the molecule is CCOC(=O)Cc1cc(-c2ccccc2)nn1C. The Labute approximate surface area is 106 Å². The lowest BCUT2D eigenvalue weighted by Crippen LogP contribution is -2.10. The van der Waals surface area contributed by atoms with Crippen LogP contribution in [0.15, 0.2) is 36.4 Å². The normalized spacial score (nSPS) is 10.3. The van der Waals surface area contributed by atoms with Crippen LogP contribution in [0.2, 0.25) is 0 Å². The van der Waals surface area contributed by atoms with Crippen molar-refractivity contribution in [2.75, 3.05) is 6.61 Å². The van der Waals surface area contributed by atoms with Crippen LogP contribution in [0.1, 0.15) is 12.6 Å². The lowest BCUT2D eigenvalue weighted by Gasteiger charge is -2.01. The summed E-state index contributed by atoms with van der Waals surface area (Å²) >= 11 is 0. The summed E-state index contributed by atoms with van der Waals surface area (Å²) in [4.78, 5) is 11.4. The van der Waals surface area contributed by atoms with Gasteiger partial charge in [0.2, 0.25) is 0 Å². The molecule has 0 atom stereocenters. The first-order chi connectivity index (χ1) is 8.70. The summed E-state index contributed by atoms with van der Waals surface area (Å²) in [5.41, 5.74) is 2.77. The van der Waals surface area contributed by atoms with E-state index in [-0.39, 0.29) is 12.4 Å². The fraction of sp³-hybridized carbons (Fsp3) is 0.286. The van der Waals surface area contributed by atoms with Gasteiger partial charge in [-0.2, -0.15) is 5.10 Å². The molecule has 0 unspecified atom stereocenters. The van der Waals surface area contributed by atoms with Crippen LogP contribution < -0.4 is 0 Å². The number of carbonyl (C=O) groups is 1. The van der Waals surface area contributed by atoms with Gasteiger partial charge in [0.15, 0.2) is 0 Å². The summed E-state index contributed by atoms with van der Waals surface area (Å²) in [6.45, 7) is 2.21. The highest BCUT2D eigenvalue weighted by atomic mass is 16.5. The Morgan fingerprint density at radius 2 is 2.06 bits per heavy atom. The fourth-order valence-corrected chi connectivity index (χ4v) is 1.78. The van der Waals surface area contributed by atoms with Crippen LogP contribution in [-0.2, 0) is 23.0 Å². The van der Waals surface area contributed by atoms with Crippen molar-refractivity contribution in [1.82, 2.24) is 9.78 Å². The summed E-state index contributed by atoms with van der Waals surface area (Å²) in [6.07, 6.45) is 0.254. The quantitative estimate of drug-likeness (QED) is 0.774. The monoisotopic (exact) mass is 244 g/mol. The molecule has 0 saturated carbocycles. The maximum atomic E-state index is 11.4. The Hall–Kier alpha value is -2.10. The van der Waals surface area contributed by atoms with E-state index in [2.05, 4.69) is 5.10 Å². The number of ether oxygens (including phenoxy) is 1. The summed E-state index contributed by atoms with van der Waals surface area (Å²) in [5.74, 6) is -0.222. The van der Waals surface area contributed by atoms with E-state index in [0.717, 1.165) is 17.0 Å². The summed E-state index contributed by atoms with van der Waals surface area (Å²) in [6, 6.07) is 11.8. The number of carbonyl (C=O) groups excluding carboxylic acids is 1. The zero-order valence-corrected chi connectivity index (χ0v) is 10.6. The Morgan fingerprint density at radius 3 is 2.72 bits per heavy atom. The third kappa shape index (κ3) is 2.77. The molecule has 1 aromatic heterocycles. The molecule has 1 heterocycles. The van der Waals surface area contributed by atoms with E-state index in [4.69, 9.17) is 4.74 Å². The van der Waals surface area contributed by atoms with Gasteiger partial charge in [-0.3, -0.25) is 9.48 Å². The van der Waals surface area contributed by atoms with Crippen molar-refractivity contribution in [3.05, 3.63) is 42.1 Å². The third-order valence-corrected chi connectivity index (χ3v) is 2.68. The first-order valence-electron chi connectivity index (χ1n) is 5.94. The highest BCUT2D eigenvalue weighted by molar-refractivity contribution is 5.72. The molecular weight excluding hydrogens is 228 g/mol. The molecule has 0 fully saturated rings. The van der Waals surface area contributed by atoms with Crippen molar-refractivity contribution in [2.45, 2.75) is 13.3 Å². The minimum atomic E-state index is -0.222. The summed E-state index contributed by atoms with van der Waals surface area (Å²) in [5, 5.41) is 4.40. The third-order valence-electron chi connectivity index (χ3n) is 2.68. The molecule has 4 nitrogen and oxygen atoms in total. The van der Waals surface area contributed by atoms with Gasteiger partial charge in [0.1, 0.15) is 0 Å². The van der Waals surface area contributed by atoms with E-state index in [0.29, 0.717) is 6.61 Å². The van der Waals surface area contributed by atoms with Gasteiger partial charge in [-0.15, -0.1) is 0 Å². The molecule has 0 spiro atoms. The van der Waals surface area contributed by atoms with E-state index in [9.17, 15) is 4.79 Å². The molecule has 0 radical (unpaired) electrons. The van der Waals surface area contributed by atoms with E-state index >= 15 is 0 Å². The molecule has 0 saturated heterocycles. The largest absolute Gasteiger partial charge is 0.466 e. The molecule has 1 aromatic carbocycles. The van der Waals surface area contributed by atoms with Crippen LogP contribution in [-0.4, -0.2) is 22.4 Å². The highest BCUT2D eigenvalue weighted by Gasteiger charge is 2.11. The van der Waals surface area contributed by atoms with E-state index in [1.165, 1.54) is 0 Å². The second-order valence-electron chi connectivity index (χ2n) is 3.99. The van der Waals surface area contributed by atoms with Crippen LogP contribution >= 0.6 is 0 Å². The molecule has 0 aliphatic rings. The Kier molecular flexibility index (Phi) is 3.77. The van der Waals surface area contributed by atoms with Gasteiger partial charge in [-0.1, -0.05) is 30.3 Å². The lowest BCUT2D eigenvalue weighted by molar-refractivity contribution is -0.142. The van der Waals surface area contributed by atoms with Gasteiger partial charge in [-0.05, 0) is 13.0 Å². The van der Waals surface area contributed by atoms with Gasteiger partial charge in [0, 0.05) is 18.3 Å². The number of rotatable bonds is 4. The second kappa shape index (κ2) is 5.49. The number of aromatic nitrogens is 2. The van der Waals surface area contributed by atoms with Crippen molar-refractivity contribution in [2.24, 2.45) is 7.05 Å². The van der Waals surface area contributed by atoms with Crippen molar-refractivity contribution >= 4 is 5.97 Å². The topological polar surface area (TPSA) is 44.1 Å². The highest BCUT2D eigenvalue weighted by Crippen LogP contribution is 2.18. The number of hydrogen-bond acceptors (Lipinski definition) is 3. The number of hydrogen-bond donors (Lipinski definition) is 0. The molecule has 0 N–H and O–H groups in total. The summed E-state index contributed by atoms with van der Waals surface area (Å²) < 4.78 is 6.66. The Bertz CT molecular complexity index is 532. The van der Waals surface area contributed by atoms with Gasteiger partial charge in [0.05, 0.1) is 18.7 Å². The van der Waals surface area contributed by atoms with Crippen LogP contribution in [0.3, 0.4) is 0 Å². The molecule has 2 rings (SSSR count). The van der Waals surface area contributed by atoms with Crippen molar-refractivity contribution in [3.8, 4) is 11.3 Å². The molecule has 4 heteroatoms. The number of esters is 1. The van der Waals surface area contributed by atoms with Gasteiger partial charge in [-0.25, -0.2) is 0 Å². The Morgan fingerprint density at radius 1 is 1.33 bits per heavy atom. The van der Waals surface area contributed by atoms with Gasteiger partial charge < -0.3 is 4.74 Å². The fourth-order valence-electron chi connectivity index (χ4n) is 1.78. The van der Waals surface area contributed by atoms with Crippen LogP contribution in [0, 0.1) is 0 Å². The van der Waals surface area contributed by atoms with Crippen LogP contribution in [0.4, 0.5) is 0 Å². The Balaban J connectivity index is 2.20. The zero-order valence-electron chi connectivity index (χ0n) is 10.6. The standard InChI is InChI=1S/C14H16N2O2/c1-3-18-14(17)10-12-9-13(15-16(12)2)11-7-5-4-6-8-11/h4-9H,3,10H2,1-2H3. The number of aryl methyl sites for hydroxylation is 1. The minimum absolute atomic E-state index is 0.222. The minimum Gasteiger partial charge on any atom is -0.466 e. The van der Waals surface area contributed by atoms with Gasteiger partial charge in [0.25, 0.3) is 0 Å². The number of benzene rings is 1. The zero-order chi connectivity index (χ0) is 13.0. The first-order valence-corrected chi connectivity index (χ1v) is 5.94. The van der Waals surface area contributed by atoms with E-state index in [1.54, 1.807) is 11.6 Å². The van der Waals surface area contributed by atoms with Crippen LogP contribution in [0.25, 0.3) is 11.3 Å². The molecule has 0 amide bonds. The lowest BCUT2D eigenvalue weighted by atomic mass is 10.1. The molecular formula is C14H16N2O2. The predicted octanol–water partition coefficient (Wildman–Crippen LogP) is 2.19. The smallest absolute Gasteiger partial charge is 0.311 e. The van der Waals surface area contributed by atoms with Crippen molar-refractivity contribution < 1.29 is 9.53 Å². The van der Waals surface area contributed by atoms with Crippen molar-refractivity contribution in [3.63, 3.8) is 0 Å². The molecule has 94 valence electrons. The molecule has 0 bridgehead atoms. The average Bonchev–Trinajstić information content (AvgIpc) is 2.72. The molecule has 0 aliphatic carbocycles. The first kappa shape index (κ1) is 12.4. The molecule has 2 aromatic rings. The molecule has 0 aliphatic heterocycles. The number of nitrogens with zero attached hydrogens (tertiary/aromatic N) is 2. The molecule has 18 heavy (non-hydrogen) atoms. The average molecular weight is 244 g/mol. The van der Waals surface area contributed by atoms with Crippen molar-refractivity contribution in [1.29, 1.82) is 0 Å². The van der Waals surface area contributed by atoms with E-state index in [1.807, 2.05) is 43.4 Å².